The van der Waals surface area contributed by atoms with Crippen molar-refractivity contribution in [3.63, 3.8) is 0 Å². The molecule has 3 rings (SSSR count). The van der Waals surface area contributed by atoms with E-state index in [4.69, 9.17) is 15.9 Å². The second-order valence-electron chi connectivity index (χ2n) is 5.60. The molecule has 0 aromatic heterocycles. The molecule has 0 spiro atoms. The molecule has 1 aliphatic heterocycles. The third-order valence-corrected chi connectivity index (χ3v) is 3.87. The lowest BCUT2D eigenvalue weighted by Gasteiger charge is -2.11. The van der Waals surface area contributed by atoms with Crippen LogP contribution in [0.25, 0.3) is 6.08 Å². The van der Waals surface area contributed by atoms with Crippen molar-refractivity contribution in [2.45, 2.75) is 6.92 Å². The van der Waals surface area contributed by atoms with Crippen molar-refractivity contribution < 1.29 is 14.3 Å². The van der Waals surface area contributed by atoms with Crippen molar-refractivity contribution in [3.8, 4) is 23.8 Å². The first-order valence-corrected chi connectivity index (χ1v) is 8.05. The number of methoxy groups -OCH3 is 1. The maximum Gasteiger partial charge on any atom is 0.280 e. The number of carbonyl (C=O) groups is 1. The number of ether oxygens (including phenoxy) is 2. The van der Waals surface area contributed by atoms with E-state index in [9.17, 15) is 4.79 Å². The molecule has 5 heteroatoms. The zero-order chi connectivity index (χ0) is 18.5. The Morgan fingerprint density at radius 2 is 1.96 bits per heavy atom. The molecule has 1 aliphatic rings. The number of terminal acetylenes is 1. The van der Waals surface area contributed by atoms with Gasteiger partial charge in [0.05, 0.1) is 24.1 Å². The zero-order valence-corrected chi connectivity index (χ0v) is 14.6. The summed E-state index contributed by atoms with van der Waals surface area (Å²) in [7, 11) is 1.56. The highest BCUT2D eigenvalue weighted by Gasteiger charge is 2.28. The standard InChI is InChI=1S/C21H18N2O3/c1-4-12-26-19-11-10-16(14-20(19)25-3)13-18-15(2)22-23(21(18)24)17-8-6-5-7-9-17/h1,5-11,13-14H,12H2,2-3H3/b18-13+. The molecule has 0 bridgehead atoms. The van der Waals surface area contributed by atoms with E-state index in [2.05, 4.69) is 11.0 Å². The number of rotatable bonds is 5. The Labute approximate surface area is 152 Å². The molecule has 0 radical (unpaired) electrons. The Kier molecular flexibility index (Phi) is 5.04. The lowest BCUT2D eigenvalue weighted by molar-refractivity contribution is -0.114. The molecular formula is C21H18N2O3. The molecule has 2 aromatic carbocycles. The highest BCUT2D eigenvalue weighted by atomic mass is 16.5. The Hall–Kier alpha value is -3.52. The van der Waals surface area contributed by atoms with Gasteiger partial charge < -0.3 is 9.47 Å². The lowest BCUT2D eigenvalue weighted by Crippen LogP contribution is -2.21. The van der Waals surface area contributed by atoms with Crippen molar-refractivity contribution >= 4 is 23.4 Å². The normalized spacial score (nSPS) is 15.0. The fourth-order valence-electron chi connectivity index (χ4n) is 2.61. The minimum absolute atomic E-state index is 0.160. The Balaban J connectivity index is 1.89. The van der Waals surface area contributed by atoms with Crippen LogP contribution < -0.4 is 14.5 Å². The van der Waals surface area contributed by atoms with Crippen LogP contribution in [0.2, 0.25) is 0 Å². The molecule has 0 N–H and O–H groups in total. The summed E-state index contributed by atoms with van der Waals surface area (Å²) < 4.78 is 10.8. The van der Waals surface area contributed by atoms with Gasteiger partial charge in [0.25, 0.3) is 5.91 Å². The van der Waals surface area contributed by atoms with Gasteiger partial charge in [0.2, 0.25) is 0 Å². The number of carbonyl (C=O) groups excluding carboxylic acids is 1. The second-order valence-corrected chi connectivity index (χ2v) is 5.60. The first kappa shape index (κ1) is 17.3. The summed E-state index contributed by atoms with van der Waals surface area (Å²) in [6, 6.07) is 14.7. The van der Waals surface area contributed by atoms with Crippen molar-refractivity contribution in [1.82, 2.24) is 0 Å². The molecule has 1 heterocycles. The number of para-hydroxylation sites is 1. The molecule has 0 fully saturated rings. The molecule has 0 unspecified atom stereocenters. The SMILES string of the molecule is C#CCOc1ccc(/C=C2/C(=O)N(c3ccccc3)N=C2C)cc1OC. The van der Waals surface area contributed by atoms with Gasteiger partial charge in [-0.25, -0.2) is 0 Å². The van der Waals surface area contributed by atoms with E-state index in [-0.39, 0.29) is 12.5 Å². The minimum Gasteiger partial charge on any atom is -0.493 e. The topological polar surface area (TPSA) is 51.1 Å². The summed E-state index contributed by atoms with van der Waals surface area (Å²) >= 11 is 0. The van der Waals surface area contributed by atoms with Gasteiger partial charge in [-0.05, 0) is 42.8 Å². The van der Waals surface area contributed by atoms with Crippen LogP contribution in [0.1, 0.15) is 12.5 Å². The van der Waals surface area contributed by atoms with E-state index in [1.807, 2.05) is 43.3 Å². The third-order valence-electron chi connectivity index (χ3n) is 3.87. The van der Waals surface area contributed by atoms with Gasteiger partial charge in [-0.2, -0.15) is 10.1 Å². The van der Waals surface area contributed by atoms with Crippen molar-refractivity contribution in [2.75, 3.05) is 18.7 Å². The predicted molar refractivity (Wildman–Crippen MR) is 102 cm³/mol. The maximum atomic E-state index is 12.7. The van der Waals surface area contributed by atoms with E-state index in [0.29, 0.717) is 22.8 Å². The highest BCUT2D eigenvalue weighted by molar-refractivity contribution is 6.32. The molecule has 0 saturated carbocycles. The molecule has 0 saturated heterocycles. The van der Waals surface area contributed by atoms with Gasteiger partial charge in [0.15, 0.2) is 11.5 Å². The minimum atomic E-state index is -0.166. The molecule has 26 heavy (non-hydrogen) atoms. The summed E-state index contributed by atoms with van der Waals surface area (Å²) in [6.45, 7) is 1.97. The van der Waals surface area contributed by atoms with Gasteiger partial charge in [0, 0.05) is 0 Å². The average molecular weight is 346 g/mol. The van der Waals surface area contributed by atoms with E-state index in [1.54, 1.807) is 25.3 Å². The molecule has 0 aliphatic carbocycles. The smallest absolute Gasteiger partial charge is 0.280 e. The van der Waals surface area contributed by atoms with Crippen molar-refractivity contribution in [1.29, 1.82) is 0 Å². The maximum absolute atomic E-state index is 12.7. The van der Waals surface area contributed by atoms with Crippen LogP contribution >= 0.6 is 0 Å². The zero-order valence-electron chi connectivity index (χ0n) is 14.6. The van der Waals surface area contributed by atoms with E-state index < -0.39 is 0 Å². The van der Waals surface area contributed by atoms with Crippen molar-refractivity contribution in [2.24, 2.45) is 5.10 Å². The van der Waals surface area contributed by atoms with Crippen LogP contribution in [0, 0.1) is 12.3 Å². The number of anilines is 1. The largest absolute Gasteiger partial charge is 0.493 e. The van der Waals surface area contributed by atoms with Gasteiger partial charge in [-0.15, -0.1) is 6.42 Å². The first-order valence-electron chi connectivity index (χ1n) is 8.05. The second kappa shape index (κ2) is 7.58. The fraction of sp³-hybridized carbons (Fsp3) is 0.143. The predicted octanol–water partition coefficient (Wildman–Crippen LogP) is 3.51. The van der Waals surface area contributed by atoms with Gasteiger partial charge in [-0.3, -0.25) is 4.79 Å². The van der Waals surface area contributed by atoms with Crippen LogP contribution in [0.5, 0.6) is 11.5 Å². The summed E-state index contributed by atoms with van der Waals surface area (Å²) in [5.74, 6) is 3.36. The molecule has 0 atom stereocenters. The number of hydrogen-bond donors (Lipinski definition) is 0. The van der Waals surface area contributed by atoms with Crippen molar-refractivity contribution in [3.05, 3.63) is 59.7 Å². The van der Waals surface area contributed by atoms with E-state index >= 15 is 0 Å². The monoisotopic (exact) mass is 346 g/mol. The van der Waals surface area contributed by atoms with E-state index in [0.717, 1.165) is 11.3 Å². The number of hydrogen-bond acceptors (Lipinski definition) is 4. The average Bonchev–Trinajstić information content (AvgIpc) is 2.95. The van der Waals surface area contributed by atoms with Gasteiger partial charge in [0.1, 0.15) is 6.61 Å². The highest BCUT2D eigenvalue weighted by Crippen LogP contribution is 2.30. The Morgan fingerprint density at radius 1 is 1.19 bits per heavy atom. The number of amides is 1. The van der Waals surface area contributed by atoms with Crippen LogP contribution in [-0.4, -0.2) is 25.3 Å². The van der Waals surface area contributed by atoms with Crippen LogP contribution in [0.15, 0.2) is 59.2 Å². The summed E-state index contributed by atoms with van der Waals surface area (Å²) in [5.41, 5.74) is 2.73. The first-order chi connectivity index (χ1) is 12.6. The summed E-state index contributed by atoms with van der Waals surface area (Å²) in [6.07, 6.45) is 7.01. The molecule has 1 amide bonds. The quantitative estimate of drug-likeness (QED) is 0.615. The molecule has 5 nitrogen and oxygen atoms in total. The van der Waals surface area contributed by atoms with Gasteiger partial charge >= 0.3 is 0 Å². The number of hydrazone groups is 1. The lowest BCUT2D eigenvalue weighted by atomic mass is 10.1. The van der Waals surface area contributed by atoms with Crippen LogP contribution in [0.4, 0.5) is 5.69 Å². The summed E-state index contributed by atoms with van der Waals surface area (Å²) in [5, 5.41) is 5.78. The van der Waals surface area contributed by atoms with Crippen LogP contribution in [0.3, 0.4) is 0 Å². The Bertz CT molecular complexity index is 924. The van der Waals surface area contributed by atoms with Gasteiger partial charge in [-0.1, -0.05) is 30.2 Å². The summed E-state index contributed by atoms with van der Waals surface area (Å²) in [4.78, 5) is 12.7. The third kappa shape index (κ3) is 3.45. The molecule has 130 valence electrons. The number of nitrogens with zero attached hydrogens (tertiary/aromatic N) is 2. The molecule has 2 aromatic rings. The fourth-order valence-corrected chi connectivity index (χ4v) is 2.61. The van der Waals surface area contributed by atoms with E-state index in [1.165, 1.54) is 5.01 Å². The van der Waals surface area contributed by atoms with Crippen LogP contribution in [-0.2, 0) is 4.79 Å². The number of benzene rings is 2. The Morgan fingerprint density at radius 3 is 2.65 bits per heavy atom. The molecular weight excluding hydrogens is 328 g/mol.